The quantitative estimate of drug-likeness (QED) is 0.128. The maximum Gasteiger partial charge on any atom is 0.417 e. The van der Waals surface area contributed by atoms with Crippen molar-refractivity contribution in [2.24, 2.45) is 0 Å². The van der Waals surface area contributed by atoms with E-state index in [1.54, 1.807) is 47.4 Å². The third-order valence-electron chi connectivity index (χ3n) is 7.40. The number of amides is 3. The number of nitriles is 2. The lowest BCUT2D eigenvalue weighted by Crippen LogP contribution is -2.41. The molecule has 2 aliphatic rings. The average molecular weight is 687 g/mol. The molecule has 5 aromatic rings. The van der Waals surface area contributed by atoms with Crippen molar-refractivity contribution in [2.75, 3.05) is 57.7 Å². The smallest absolute Gasteiger partial charge is 0.410 e. The van der Waals surface area contributed by atoms with E-state index in [1.165, 1.54) is 41.7 Å². The highest BCUT2D eigenvalue weighted by atomic mass is 19.1. The van der Waals surface area contributed by atoms with E-state index in [1.807, 2.05) is 36.4 Å². The molecule has 11 nitrogen and oxygen atoms in total. The largest absolute Gasteiger partial charge is 0.417 e. The van der Waals surface area contributed by atoms with Crippen molar-refractivity contribution in [3.63, 3.8) is 0 Å². The number of urea groups is 1. The molecular weight excluding hydrogens is 654 g/mol. The third kappa shape index (κ3) is 9.72. The predicted octanol–water partition coefficient (Wildman–Crippen LogP) is 7.99. The van der Waals surface area contributed by atoms with Crippen molar-refractivity contribution in [1.82, 2.24) is 0 Å². The zero-order valence-corrected chi connectivity index (χ0v) is 27.1. The number of hydrogen-bond donors (Lipinski definition) is 5. The number of rotatable bonds is 3. The monoisotopic (exact) mass is 686 g/mol. The molecule has 0 saturated carbocycles. The normalized spacial score (nSPS) is 12.0. The molecule has 0 fully saturated rings. The van der Waals surface area contributed by atoms with Gasteiger partial charge in [0.05, 0.1) is 33.9 Å². The summed E-state index contributed by atoms with van der Waals surface area (Å²) in [4.78, 5) is 25.6. The molecular formula is C38H32F2N8O3. The van der Waals surface area contributed by atoms with E-state index in [0.29, 0.717) is 30.2 Å². The summed E-state index contributed by atoms with van der Waals surface area (Å²) in [6, 6.07) is 35.0. The van der Waals surface area contributed by atoms with Gasteiger partial charge in [-0.25, -0.2) is 18.4 Å². The van der Waals surface area contributed by atoms with Gasteiger partial charge in [-0.15, -0.1) is 0 Å². The highest BCUT2D eigenvalue weighted by molar-refractivity contribution is 6.04. The first-order valence-electron chi connectivity index (χ1n) is 15.8. The van der Waals surface area contributed by atoms with Crippen LogP contribution in [0.2, 0.25) is 0 Å². The molecule has 2 aliphatic heterocycles. The lowest BCUT2D eigenvalue weighted by atomic mass is 10.2. The van der Waals surface area contributed by atoms with Gasteiger partial charge in [0.25, 0.3) is 0 Å². The number of nitrogens with zero attached hydrogens (tertiary/aromatic N) is 3. The average Bonchev–Trinajstić information content (AvgIpc) is 3.17. The number of carbonyl (C=O) groups excluding carboxylic acids is 2. The van der Waals surface area contributed by atoms with E-state index in [-0.39, 0.29) is 17.2 Å². The predicted molar refractivity (Wildman–Crippen MR) is 193 cm³/mol. The van der Waals surface area contributed by atoms with E-state index >= 15 is 0 Å². The molecule has 0 bridgehead atoms. The van der Waals surface area contributed by atoms with Gasteiger partial charge >= 0.3 is 12.1 Å². The van der Waals surface area contributed by atoms with Crippen LogP contribution in [0.1, 0.15) is 11.1 Å². The first kappa shape index (κ1) is 35.2. The third-order valence-corrected chi connectivity index (χ3v) is 7.40. The number of nitrogens with one attached hydrogen (secondary N) is 5. The summed E-state index contributed by atoms with van der Waals surface area (Å²) in [6.45, 7) is 3.22. The Morgan fingerprint density at radius 3 is 1.75 bits per heavy atom. The van der Waals surface area contributed by atoms with Crippen LogP contribution >= 0.6 is 0 Å². The molecule has 0 aliphatic carbocycles. The molecule has 0 unspecified atom stereocenters. The van der Waals surface area contributed by atoms with E-state index in [0.717, 1.165) is 30.5 Å². The number of benzene rings is 5. The van der Waals surface area contributed by atoms with Crippen LogP contribution in [0.5, 0.6) is 5.75 Å². The number of fused-ring (bicyclic) bond motifs is 2. The van der Waals surface area contributed by atoms with Gasteiger partial charge in [-0.1, -0.05) is 42.5 Å². The first-order valence-corrected chi connectivity index (χ1v) is 15.8. The SMILES string of the molecule is N#Cc1cc(NC(=O)N2CCNc3ccccc32)ccc1F.N#Cc1cc(NC(=O)Oc2ccccc2)ccc1F.c1ccc2c(c1)NCCN2. The van der Waals surface area contributed by atoms with Crippen molar-refractivity contribution >= 4 is 46.2 Å². The Bertz CT molecular complexity index is 2060. The molecule has 0 aromatic heterocycles. The molecule has 3 amide bonds. The van der Waals surface area contributed by atoms with Crippen LogP contribution < -0.4 is 36.2 Å². The zero-order valence-electron chi connectivity index (χ0n) is 27.1. The van der Waals surface area contributed by atoms with Crippen LogP contribution in [0.4, 0.5) is 52.5 Å². The summed E-state index contributed by atoms with van der Waals surface area (Å²) in [6.07, 6.45) is -0.707. The maximum absolute atomic E-state index is 13.3. The second-order valence-corrected chi connectivity index (χ2v) is 10.9. The van der Waals surface area contributed by atoms with Crippen molar-refractivity contribution < 1.29 is 23.1 Å². The molecule has 256 valence electrons. The highest BCUT2D eigenvalue weighted by Gasteiger charge is 2.22. The second kappa shape index (κ2) is 17.3. The molecule has 0 atom stereocenters. The Kier molecular flexibility index (Phi) is 12.0. The van der Waals surface area contributed by atoms with Crippen LogP contribution in [0.15, 0.2) is 115 Å². The van der Waals surface area contributed by atoms with Crippen LogP contribution in [0.3, 0.4) is 0 Å². The molecule has 5 aromatic carbocycles. The van der Waals surface area contributed by atoms with Crippen LogP contribution in [-0.2, 0) is 0 Å². The zero-order chi connectivity index (χ0) is 36.0. The molecule has 2 heterocycles. The summed E-state index contributed by atoms with van der Waals surface area (Å²) in [7, 11) is 0. The van der Waals surface area contributed by atoms with Gasteiger partial charge in [0.1, 0.15) is 29.5 Å². The van der Waals surface area contributed by atoms with Gasteiger partial charge in [-0.05, 0) is 72.8 Å². The fourth-order valence-corrected chi connectivity index (χ4v) is 4.99. The lowest BCUT2D eigenvalue weighted by molar-refractivity contribution is 0.215. The lowest BCUT2D eigenvalue weighted by Gasteiger charge is -2.30. The molecule has 7 rings (SSSR count). The minimum atomic E-state index is -0.707. The first-order chi connectivity index (χ1) is 24.8. The molecule has 0 spiro atoms. The molecule has 13 heteroatoms. The fourth-order valence-electron chi connectivity index (χ4n) is 4.99. The van der Waals surface area contributed by atoms with Gasteiger partial charge in [-0.2, -0.15) is 10.5 Å². The van der Waals surface area contributed by atoms with Gasteiger partial charge in [0.2, 0.25) is 0 Å². The fraction of sp³-hybridized carbons (Fsp3) is 0.105. The van der Waals surface area contributed by atoms with Crippen LogP contribution in [0, 0.1) is 34.3 Å². The van der Waals surface area contributed by atoms with Crippen LogP contribution in [-0.4, -0.2) is 38.3 Å². The maximum atomic E-state index is 13.3. The number of hydrogen-bond acceptors (Lipinski definition) is 8. The van der Waals surface area contributed by atoms with E-state index in [4.69, 9.17) is 15.3 Å². The van der Waals surface area contributed by atoms with E-state index in [2.05, 4.69) is 38.7 Å². The van der Waals surface area contributed by atoms with Gasteiger partial charge in [0.15, 0.2) is 0 Å². The standard InChI is InChI=1S/C16H13FN4O.C14H9FN2O2.C8H10N2/c17-13-6-5-12(9-11(13)10-18)20-16(22)21-8-7-19-14-3-1-2-4-15(14)21;15-13-7-6-11(8-10(13)9-16)17-14(18)19-12-4-2-1-3-5-12;1-2-4-8-7(3-1)9-5-6-10-8/h1-6,9,19H,7-8H2,(H,20,22);1-8H,(H,17,18);1-4,9-10H,5-6H2. The number of ether oxygens (including phenoxy) is 1. The Morgan fingerprint density at radius 1 is 0.647 bits per heavy atom. The Balaban J connectivity index is 0.000000158. The number of halogens is 2. The van der Waals surface area contributed by atoms with Crippen molar-refractivity contribution in [1.29, 1.82) is 10.5 Å². The highest BCUT2D eigenvalue weighted by Crippen LogP contribution is 2.29. The summed E-state index contributed by atoms with van der Waals surface area (Å²) in [5.41, 5.74) is 4.55. The number of para-hydroxylation sites is 5. The number of carbonyl (C=O) groups is 2. The summed E-state index contributed by atoms with van der Waals surface area (Å²) < 4.78 is 31.4. The Labute approximate surface area is 293 Å². The molecule has 0 radical (unpaired) electrons. The topological polar surface area (TPSA) is 154 Å². The van der Waals surface area contributed by atoms with Crippen molar-refractivity contribution in [3.8, 4) is 17.9 Å². The van der Waals surface area contributed by atoms with Gasteiger partial charge < -0.3 is 26.0 Å². The van der Waals surface area contributed by atoms with Gasteiger partial charge in [-0.3, -0.25) is 10.2 Å². The van der Waals surface area contributed by atoms with Crippen molar-refractivity contribution in [2.45, 2.75) is 0 Å². The van der Waals surface area contributed by atoms with Crippen LogP contribution in [0.25, 0.3) is 0 Å². The second-order valence-electron chi connectivity index (χ2n) is 10.9. The molecule has 5 N–H and O–H groups in total. The van der Waals surface area contributed by atoms with E-state index in [9.17, 15) is 18.4 Å². The molecule has 0 saturated heterocycles. The minimum absolute atomic E-state index is 0.0986. The summed E-state index contributed by atoms with van der Waals surface area (Å²) >= 11 is 0. The number of anilines is 6. The van der Waals surface area contributed by atoms with E-state index < -0.39 is 17.7 Å². The minimum Gasteiger partial charge on any atom is -0.410 e. The van der Waals surface area contributed by atoms with Crippen molar-refractivity contribution in [3.05, 3.63) is 138 Å². The molecule has 51 heavy (non-hydrogen) atoms. The van der Waals surface area contributed by atoms with Gasteiger partial charge in [0, 0.05) is 37.6 Å². The summed E-state index contributed by atoms with van der Waals surface area (Å²) in [5, 5.41) is 32.4. The Hall–Kier alpha value is -7.12. The summed E-state index contributed by atoms with van der Waals surface area (Å²) in [5.74, 6) is -0.847. The Morgan fingerprint density at radius 2 is 1.16 bits per heavy atom.